The number of benzene rings is 1. The maximum Gasteiger partial charge on any atom is 0.174 e. The lowest BCUT2D eigenvalue weighted by atomic mass is 9.93. The molecule has 1 aliphatic heterocycles. The number of allylic oxidation sites excluding steroid dienone is 1. The average Bonchev–Trinajstić information content (AvgIpc) is 3.52. The van der Waals surface area contributed by atoms with Gasteiger partial charge in [0.1, 0.15) is 17.3 Å². The monoisotopic (exact) mass is 478 g/mol. The number of hydrogen-bond acceptors (Lipinski definition) is 8. The van der Waals surface area contributed by atoms with E-state index < -0.39 is 0 Å². The molecule has 4 rings (SSSR count). The number of nitrogens with one attached hydrogen (secondary N) is 3. The van der Waals surface area contributed by atoms with Crippen molar-refractivity contribution in [2.75, 3.05) is 44.8 Å². The second-order valence-electron chi connectivity index (χ2n) is 9.56. The zero-order valence-corrected chi connectivity index (χ0v) is 20.6. The highest BCUT2D eigenvalue weighted by Crippen LogP contribution is 2.27. The van der Waals surface area contributed by atoms with Gasteiger partial charge in [0.2, 0.25) is 0 Å². The Labute approximate surface area is 206 Å². The van der Waals surface area contributed by atoms with Gasteiger partial charge in [-0.1, -0.05) is 38.1 Å². The van der Waals surface area contributed by atoms with Crippen molar-refractivity contribution >= 4 is 23.8 Å². The predicted octanol–water partition coefficient (Wildman–Crippen LogP) is 4.84. The fourth-order valence-corrected chi connectivity index (χ4v) is 3.69. The molecule has 186 valence electrons. The van der Waals surface area contributed by atoms with Gasteiger partial charge in [0, 0.05) is 42.9 Å². The van der Waals surface area contributed by atoms with E-state index in [2.05, 4.69) is 46.1 Å². The number of H-pyrrole nitrogens is 1. The van der Waals surface area contributed by atoms with Crippen LogP contribution in [0, 0.1) is 5.41 Å². The Morgan fingerprint density at radius 1 is 1.23 bits per heavy atom. The first kappa shape index (κ1) is 24.7. The highest BCUT2D eigenvalue weighted by molar-refractivity contribution is 5.80. The lowest BCUT2D eigenvalue weighted by Gasteiger charge is -2.26. The van der Waals surface area contributed by atoms with Crippen LogP contribution in [0.4, 0.5) is 11.5 Å². The number of ether oxygens (including phenoxy) is 2. The number of morpholine rings is 1. The van der Waals surface area contributed by atoms with Crippen LogP contribution in [-0.2, 0) is 14.9 Å². The van der Waals surface area contributed by atoms with Crippen LogP contribution in [0.2, 0.25) is 0 Å². The van der Waals surface area contributed by atoms with Crippen molar-refractivity contribution in [3.05, 3.63) is 53.9 Å². The Bertz CT molecular complexity index is 1120. The van der Waals surface area contributed by atoms with E-state index in [9.17, 15) is 0 Å². The van der Waals surface area contributed by atoms with E-state index in [1.807, 2.05) is 30.3 Å². The van der Waals surface area contributed by atoms with Crippen LogP contribution in [-0.4, -0.2) is 65.7 Å². The number of anilines is 2. The molecule has 2 aromatic heterocycles. The molecular formula is C26H34N6O3. The molecule has 3 aromatic rings. The second-order valence-corrected chi connectivity index (χ2v) is 9.56. The summed E-state index contributed by atoms with van der Waals surface area (Å²) in [6, 6.07) is 9.91. The average molecular weight is 479 g/mol. The molecule has 0 spiro atoms. The molecule has 0 saturated carbocycles. The van der Waals surface area contributed by atoms with Crippen LogP contribution in [0.3, 0.4) is 0 Å². The van der Waals surface area contributed by atoms with E-state index in [1.165, 1.54) is 6.21 Å². The van der Waals surface area contributed by atoms with Crippen molar-refractivity contribution < 1.29 is 14.0 Å². The lowest BCUT2D eigenvalue weighted by Crippen LogP contribution is -2.37. The van der Waals surface area contributed by atoms with Crippen LogP contribution in [0.25, 0.3) is 17.3 Å². The Morgan fingerprint density at radius 3 is 2.69 bits per heavy atom. The van der Waals surface area contributed by atoms with Crippen molar-refractivity contribution in [2.24, 2.45) is 0 Å². The maximum atomic E-state index is 7.66. The summed E-state index contributed by atoms with van der Waals surface area (Å²) in [7, 11) is 0. The van der Waals surface area contributed by atoms with E-state index in [1.54, 1.807) is 12.3 Å². The smallest absolute Gasteiger partial charge is 0.174 e. The number of imidazole rings is 1. The van der Waals surface area contributed by atoms with Crippen LogP contribution in [0.1, 0.15) is 38.8 Å². The summed E-state index contributed by atoms with van der Waals surface area (Å²) in [5.41, 5.74) is 2.71. The summed E-state index contributed by atoms with van der Waals surface area (Å²) in [6.07, 6.45) is 5.65. The van der Waals surface area contributed by atoms with Gasteiger partial charge < -0.3 is 29.7 Å². The Kier molecular flexibility index (Phi) is 7.99. The zero-order chi connectivity index (χ0) is 24.7. The van der Waals surface area contributed by atoms with Gasteiger partial charge in [-0.3, -0.25) is 4.90 Å². The zero-order valence-electron chi connectivity index (χ0n) is 20.6. The minimum absolute atomic E-state index is 0.0882. The van der Waals surface area contributed by atoms with E-state index in [4.69, 9.17) is 19.4 Å². The fraction of sp³-hybridized carbons (Fsp3) is 0.423. The van der Waals surface area contributed by atoms with Gasteiger partial charge in [-0.2, -0.15) is 0 Å². The highest BCUT2D eigenvalue weighted by atomic mass is 16.5. The molecule has 0 radical (unpaired) electrons. The van der Waals surface area contributed by atoms with Crippen LogP contribution < -0.4 is 5.32 Å². The predicted molar refractivity (Wildman–Crippen MR) is 137 cm³/mol. The van der Waals surface area contributed by atoms with Crippen LogP contribution in [0.15, 0.2) is 46.8 Å². The molecule has 3 N–H and O–H groups in total. The third kappa shape index (κ3) is 7.03. The molecule has 1 saturated heterocycles. The number of aromatic amines is 1. The molecule has 0 amide bonds. The molecular weight excluding hydrogens is 444 g/mol. The first-order valence-electron chi connectivity index (χ1n) is 12.0. The van der Waals surface area contributed by atoms with Gasteiger partial charge in [0.05, 0.1) is 37.9 Å². The van der Waals surface area contributed by atoms with E-state index in [0.717, 1.165) is 62.0 Å². The molecule has 3 heterocycles. The van der Waals surface area contributed by atoms with Gasteiger partial charge >= 0.3 is 0 Å². The molecule has 9 heteroatoms. The highest BCUT2D eigenvalue weighted by Gasteiger charge is 2.19. The number of nitrogens with zero attached hydrogens (tertiary/aromatic N) is 3. The van der Waals surface area contributed by atoms with Gasteiger partial charge in [-0.25, -0.2) is 4.98 Å². The second kappa shape index (κ2) is 11.3. The molecule has 35 heavy (non-hydrogen) atoms. The van der Waals surface area contributed by atoms with Gasteiger partial charge in [-0.15, -0.1) is 0 Å². The third-order valence-corrected chi connectivity index (χ3v) is 5.73. The summed E-state index contributed by atoms with van der Waals surface area (Å²) >= 11 is 0. The first-order valence-corrected chi connectivity index (χ1v) is 12.0. The number of aromatic nitrogens is 3. The number of hydrogen-bond donors (Lipinski definition) is 3. The SMILES string of the molecule is CC(C)(C)c1cc(Nc2ccc(-c3cnc(/C=C(\C=N)OCCCN4CCOCC4)[nH]3)cc2)no1. The van der Waals surface area contributed by atoms with Crippen molar-refractivity contribution in [3.8, 4) is 11.3 Å². The molecule has 1 aromatic carbocycles. The molecule has 0 aliphatic carbocycles. The largest absolute Gasteiger partial charge is 0.492 e. The first-order chi connectivity index (χ1) is 16.9. The van der Waals surface area contributed by atoms with E-state index in [-0.39, 0.29) is 5.41 Å². The van der Waals surface area contributed by atoms with E-state index in [0.29, 0.717) is 24.0 Å². The van der Waals surface area contributed by atoms with Crippen molar-refractivity contribution in [1.29, 1.82) is 5.41 Å². The quantitative estimate of drug-likeness (QED) is 0.217. The molecule has 1 fully saturated rings. The van der Waals surface area contributed by atoms with Crippen molar-refractivity contribution in [2.45, 2.75) is 32.6 Å². The fourth-order valence-electron chi connectivity index (χ4n) is 3.69. The summed E-state index contributed by atoms with van der Waals surface area (Å²) in [5.74, 6) is 2.64. The minimum Gasteiger partial charge on any atom is -0.492 e. The van der Waals surface area contributed by atoms with Gasteiger partial charge in [-0.05, 0) is 24.1 Å². The van der Waals surface area contributed by atoms with Crippen molar-refractivity contribution in [3.63, 3.8) is 0 Å². The maximum absolute atomic E-state index is 7.66. The lowest BCUT2D eigenvalue weighted by molar-refractivity contribution is 0.0347. The molecule has 9 nitrogen and oxygen atoms in total. The number of rotatable bonds is 10. The summed E-state index contributed by atoms with van der Waals surface area (Å²) in [5, 5.41) is 15.0. The summed E-state index contributed by atoms with van der Waals surface area (Å²) in [4.78, 5) is 10.1. The third-order valence-electron chi connectivity index (χ3n) is 5.73. The van der Waals surface area contributed by atoms with Crippen LogP contribution in [0.5, 0.6) is 0 Å². The molecule has 0 bridgehead atoms. The normalized spacial score (nSPS) is 15.2. The van der Waals surface area contributed by atoms with E-state index >= 15 is 0 Å². The van der Waals surface area contributed by atoms with Crippen molar-refractivity contribution in [1.82, 2.24) is 20.0 Å². The summed E-state index contributed by atoms with van der Waals surface area (Å²) in [6.45, 7) is 11.3. The Morgan fingerprint density at radius 2 is 2.00 bits per heavy atom. The summed E-state index contributed by atoms with van der Waals surface area (Å²) < 4.78 is 16.6. The molecule has 1 aliphatic rings. The van der Waals surface area contributed by atoms with Gasteiger partial charge in [0.25, 0.3) is 0 Å². The Hall–Kier alpha value is -3.43. The Balaban J connectivity index is 1.31. The van der Waals surface area contributed by atoms with Crippen LogP contribution >= 0.6 is 0 Å². The standard InChI is InChI=1S/C26H34N6O3/c1-26(2,3)23-16-25(31-35-23)29-20-7-5-19(6-8-20)22-18-28-24(30-22)15-21(17-27)34-12-4-9-32-10-13-33-14-11-32/h5-8,15-18,27H,4,9-14H2,1-3H3,(H,28,30)(H,29,31)/b21-15+,27-17?. The minimum atomic E-state index is -0.0882. The molecule has 0 unspecified atom stereocenters. The molecule has 0 atom stereocenters. The topological polar surface area (TPSA) is 112 Å². The van der Waals surface area contributed by atoms with Gasteiger partial charge in [0.15, 0.2) is 5.82 Å².